The van der Waals surface area contributed by atoms with Crippen LogP contribution in [0.2, 0.25) is 0 Å². The number of hydrogen-bond acceptors (Lipinski definition) is 3. The zero-order chi connectivity index (χ0) is 12.3. The number of alkyl halides is 1. The lowest BCUT2D eigenvalue weighted by Crippen LogP contribution is -2.21. The van der Waals surface area contributed by atoms with Gasteiger partial charge in [-0.1, -0.05) is 6.07 Å². The molecule has 90 valence electrons. The molecule has 0 N–H and O–H groups in total. The molecule has 0 amide bonds. The summed E-state index contributed by atoms with van der Waals surface area (Å²) in [5.74, 6) is 2.37. The summed E-state index contributed by atoms with van der Waals surface area (Å²) in [5.41, 5.74) is 1.03. The van der Waals surface area contributed by atoms with Gasteiger partial charge in [0.05, 0.1) is 12.4 Å². The molecule has 2 aromatic heterocycles. The zero-order valence-corrected chi connectivity index (χ0v) is 10.7. The van der Waals surface area contributed by atoms with Gasteiger partial charge in [-0.15, -0.1) is 11.6 Å². The minimum Gasteiger partial charge on any atom is -0.352 e. The molecule has 0 aromatic carbocycles. The Morgan fingerprint density at radius 2 is 2.18 bits per heavy atom. The molecule has 4 nitrogen and oxygen atoms in total. The lowest BCUT2D eigenvalue weighted by molar-refractivity contribution is 0.753. The number of imidazole rings is 1. The van der Waals surface area contributed by atoms with Crippen LogP contribution in [0.25, 0.3) is 0 Å². The molecule has 0 spiro atoms. The first-order chi connectivity index (χ1) is 8.22. The Hall–Kier alpha value is -1.55. The van der Waals surface area contributed by atoms with E-state index in [0.717, 1.165) is 17.2 Å². The van der Waals surface area contributed by atoms with E-state index in [9.17, 15) is 0 Å². The Labute approximate surface area is 106 Å². The van der Waals surface area contributed by atoms with Gasteiger partial charge in [-0.3, -0.25) is 0 Å². The Morgan fingerprint density at radius 1 is 1.35 bits per heavy atom. The van der Waals surface area contributed by atoms with E-state index in [2.05, 4.69) is 14.9 Å². The van der Waals surface area contributed by atoms with E-state index in [4.69, 9.17) is 11.6 Å². The van der Waals surface area contributed by atoms with E-state index < -0.39 is 0 Å². The van der Waals surface area contributed by atoms with Crippen LogP contribution in [0.3, 0.4) is 0 Å². The molecule has 5 heteroatoms. The number of pyridine rings is 1. The van der Waals surface area contributed by atoms with Gasteiger partial charge >= 0.3 is 0 Å². The van der Waals surface area contributed by atoms with Crippen molar-refractivity contribution in [1.82, 2.24) is 14.5 Å². The molecule has 0 aliphatic carbocycles. The van der Waals surface area contributed by atoms with Crippen LogP contribution in [0, 0.1) is 0 Å². The first-order valence-corrected chi connectivity index (χ1v) is 5.93. The third kappa shape index (κ3) is 2.58. The van der Waals surface area contributed by atoms with Crippen LogP contribution < -0.4 is 4.90 Å². The maximum absolute atomic E-state index is 5.90. The van der Waals surface area contributed by atoms with Crippen molar-refractivity contribution in [2.45, 2.75) is 12.4 Å². The summed E-state index contributed by atoms with van der Waals surface area (Å²) in [5, 5.41) is 0. The van der Waals surface area contributed by atoms with Crippen LogP contribution in [-0.4, -0.2) is 21.6 Å². The van der Waals surface area contributed by atoms with E-state index in [0.29, 0.717) is 12.4 Å². The lowest BCUT2D eigenvalue weighted by atomic mass is 10.2. The monoisotopic (exact) mass is 250 g/mol. The first kappa shape index (κ1) is 11.9. The number of aryl methyl sites for hydroxylation is 1. The molecule has 0 unspecified atom stereocenters. The second kappa shape index (κ2) is 5.19. The molecule has 0 fully saturated rings. The van der Waals surface area contributed by atoms with Gasteiger partial charge in [0.15, 0.2) is 0 Å². The van der Waals surface area contributed by atoms with Gasteiger partial charge in [-0.05, 0) is 6.07 Å². The van der Waals surface area contributed by atoms with Gasteiger partial charge in [0, 0.05) is 38.2 Å². The Morgan fingerprint density at radius 3 is 2.82 bits per heavy atom. The second-order valence-corrected chi connectivity index (χ2v) is 4.20. The summed E-state index contributed by atoms with van der Waals surface area (Å²) in [6, 6.07) is 3.89. The quantitative estimate of drug-likeness (QED) is 0.780. The third-order valence-electron chi connectivity index (χ3n) is 2.67. The summed E-state index contributed by atoms with van der Waals surface area (Å²) in [4.78, 5) is 10.7. The summed E-state index contributed by atoms with van der Waals surface area (Å²) in [6.07, 6.45) is 5.51. The highest BCUT2D eigenvalue weighted by Crippen LogP contribution is 2.19. The number of anilines is 1. The van der Waals surface area contributed by atoms with Crippen LogP contribution in [-0.2, 0) is 19.5 Å². The second-order valence-electron chi connectivity index (χ2n) is 3.93. The third-order valence-corrected chi connectivity index (χ3v) is 2.96. The maximum Gasteiger partial charge on any atom is 0.133 e. The van der Waals surface area contributed by atoms with Crippen molar-refractivity contribution in [3.8, 4) is 0 Å². The van der Waals surface area contributed by atoms with Gasteiger partial charge in [0.2, 0.25) is 0 Å². The van der Waals surface area contributed by atoms with Gasteiger partial charge in [0.25, 0.3) is 0 Å². The van der Waals surface area contributed by atoms with E-state index in [1.807, 2.05) is 37.0 Å². The topological polar surface area (TPSA) is 34.0 Å². The standard InChI is InChI=1S/C12H15ClN4/c1-16-7-6-14-11(16)9-17(2)12-10(8-13)4-3-5-15-12/h3-7H,8-9H2,1-2H3. The number of rotatable bonds is 4. The SMILES string of the molecule is CN(Cc1nccn1C)c1ncccc1CCl. The Kier molecular flexibility index (Phi) is 3.64. The minimum atomic E-state index is 0.466. The molecular formula is C12H15ClN4. The molecule has 0 aliphatic rings. The Bertz CT molecular complexity index is 495. The van der Waals surface area contributed by atoms with E-state index in [1.165, 1.54) is 0 Å². The van der Waals surface area contributed by atoms with Crippen molar-refractivity contribution in [1.29, 1.82) is 0 Å². The van der Waals surface area contributed by atoms with Gasteiger partial charge in [0.1, 0.15) is 11.6 Å². The number of aromatic nitrogens is 3. The predicted molar refractivity (Wildman–Crippen MR) is 69.1 cm³/mol. The Balaban J connectivity index is 2.20. The van der Waals surface area contributed by atoms with Gasteiger partial charge < -0.3 is 9.47 Å². The van der Waals surface area contributed by atoms with Crippen molar-refractivity contribution < 1.29 is 0 Å². The predicted octanol–water partition coefficient (Wildman–Crippen LogP) is 2.19. The van der Waals surface area contributed by atoms with Crippen LogP contribution in [0.5, 0.6) is 0 Å². The molecule has 2 aromatic rings. The zero-order valence-electron chi connectivity index (χ0n) is 9.97. The van der Waals surface area contributed by atoms with Crippen LogP contribution in [0.1, 0.15) is 11.4 Å². The molecule has 2 heterocycles. The van der Waals surface area contributed by atoms with E-state index in [1.54, 1.807) is 12.4 Å². The van der Waals surface area contributed by atoms with E-state index >= 15 is 0 Å². The maximum atomic E-state index is 5.90. The fourth-order valence-electron chi connectivity index (χ4n) is 1.71. The van der Waals surface area contributed by atoms with Crippen molar-refractivity contribution in [3.05, 3.63) is 42.1 Å². The first-order valence-electron chi connectivity index (χ1n) is 5.39. The average molecular weight is 251 g/mol. The largest absolute Gasteiger partial charge is 0.352 e. The van der Waals surface area contributed by atoms with Crippen molar-refractivity contribution >= 4 is 17.4 Å². The van der Waals surface area contributed by atoms with Crippen molar-refractivity contribution in [2.24, 2.45) is 7.05 Å². The molecule has 0 saturated carbocycles. The smallest absolute Gasteiger partial charge is 0.133 e. The normalized spacial score (nSPS) is 10.5. The fourth-order valence-corrected chi connectivity index (χ4v) is 1.92. The summed E-state index contributed by atoms with van der Waals surface area (Å²) >= 11 is 5.90. The number of hydrogen-bond donors (Lipinski definition) is 0. The van der Waals surface area contributed by atoms with Crippen LogP contribution in [0.4, 0.5) is 5.82 Å². The molecule has 17 heavy (non-hydrogen) atoms. The van der Waals surface area contributed by atoms with E-state index in [-0.39, 0.29) is 0 Å². The molecule has 2 rings (SSSR count). The molecule has 0 atom stereocenters. The highest BCUT2D eigenvalue weighted by Gasteiger charge is 2.10. The van der Waals surface area contributed by atoms with Crippen LogP contribution in [0.15, 0.2) is 30.7 Å². The van der Waals surface area contributed by atoms with Crippen molar-refractivity contribution in [3.63, 3.8) is 0 Å². The number of halogens is 1. The fraction of sp³-hybridized carbons (Fsp3) is 0.333. The lowest BCUT2D eigenvalue weighted by Gasteiger charge is -2.20. The summed E-state index contributed by atoms with van der Waals surface area (Å²) in [7, 11) is 3.98. The van der Waals surface area contributed by atoms with Crippen LogP contribution >= 0.6 is 11.6 Å². The van der Waals surface area contributed by atoms with Gasteiger partial charge in [-0.2, -0.15) is 0 Å². The molecule has 0 bridgehead atoms. The van der Waals surface area contributed by atoms with Crippen molar-refractivity contribution in [2.75, 3.05) is 11.9 Å². The average Bonchev–Trinajstić information content (AvgIpc) is 2.75. The summed E-state index contributed by atoms with van der Waals surface area (Å²) in [6.45, 7) is 0.713. The highest BCUT2D eigenvalue weighted by molar-refractivity contribution is 6.17. The molecule has 0 radical (unpaired) electrons. The summed E-state index contributed by atoms with van der Waals surface area (Å²) < 4.78 is 2.00. The molecule has 0 aliphatic heterocycles. The number of nitrogens with zero attached hydrogens (tertiary/aromatic N) is 4. The minimum absolute atomic E-state index is 0.466. The molecule has 0 saturated heterocycles. The highest BCUT2D eigenvalue weighted by atomic mass is 35.5. The van der Waals surface area contributed by atoms with Gasteiger partial charge in [-0.25, -0.2) is 9.97 Å². The molecular weight excluding hydrogens is 236 g/mol.